The molecule has 0 fully saturated rings. The summed E-state index contributed by atoms with van der Waals surface area (Å²) in [5.41, 5.74) is 9.06. The summed E-state index contributed by atoms with van der Waals surface area (Å²) in [5, 5.41) is 0. The number of rotatable bonds is 2. The predicted molar refractivity (Wildman–Crippen MR) is 64.5 cm³/mol. The molecule has 0 aromatic heterocycles. The smallest absolute Gasteiger partial charge is 0.128 e. The van der Waals surface area contributed by atoms with Gasteiger partial charge in [0.1, 0.15) is 5.82 Å². The zero-order valence-corrected chi connectivity index (χ0v) is 9.20. The maximum Gasteiger partial charge on any atom is 0.128 e. The molecule has 0 heterocycles. The fourth-order valence-electron chi connectivity index (χ4n) is 1.72. The fourth-order valence-corrected chi connectivity index (χ4v) is 1.72. The molecule has 0 atom stereocenters. The molecule has 0 amide bonds. The third kappa shape index (κ3) is 2.12. The Labute approximate surface area is 94.7 Å². The van der Waals surface area contributed by atoms with Crippen LogP contribution in [0.4, 0.5) is 4.39 Å². The van der Waals surface area contributed by atoms with Gasteiger partial charge < -0.3 is 5.73 Å². The Morgan fingerprint density at radius 1 is 1.06 bits per heavy atom. The number of hydrogen-bond donors (Lipinski definition) is 1. The molecule has 0 aliphatic rings. The van der Waals surface area contributed by atoms with Crippen LogP contribution in [-0.4, -0.2) is 0 Å². The lowest BCUT2D eigenvalue weighted by molar-refractivity contribution is 0.611. The van der Waals surface area contributed by atoms with E-state index in [1.807, 2.05) is 37.3 Å². The van der Waals surface area contributed by atoms with E-state index in [9.17, 15) is 4.39 Å². The molecule has 82 valence electrons. The van der Waals surface area contributed by atoms with Gasteiger partial charge in [-0.25, -0.2) is 4.39 Å². The van der Waals surface area contributed by atoms with Crippen molar-refractivity contribution in [3.8, 4) is 11.1 Å². The highest BCUT2D eigenvalue weighted by atomic mass is 19.1. The average molecular weight is 215 g/mol. The third-order valence-corrected chi connectivity index (χ3v) is 2.62. The van der Waals surface area contributed by atoms with Crippen LogP contribution in [0, 0.1) is 12.7 Å². The SMILES string of the molecule is Cc1cccc(-c2ccc(CN)c(F)c2)c1. The zero-order valence-electron chi connectivity index (χ0n) is 9.20. The van der Waals surface area contributed by atoms with Crippen LogP contribution in [0.2, 0.25) is 0 Å². The summed E-state index contributed by atoms with van der Waals surface area (Å²) in [7, 11) is 0. The molecule has 0 bridgehead atoms. The normalized spacial score (nSPS) is 10.4. The van der Waals surface area contributed by atoms with Gasteiger partial charge in [-0.05, 0) is 24.1 Å². The summed E-state index contributed by atoms with van der Waals surface area (Å²) >= 11 is 0. The molecule has 16 heavy (non-hydrogen) atoms. The Morgan fingerprint density at radius 2 is 1.81 bits per heavy atom. The van der Waals surface area contributed by atoms with Gasteiger partial charge in [-0.15, -0.1) is 0 Å². The van der Waals surface area contributed by atoms with E-state index in [-0.39, 0.29) is 12.4 Å². The van der Waals surface area contributed by atoms with E-state index in [1.54, 1.807) is 6.07 Å². The van der Waals surface area contributed by atoms with Gasteiger partial charge in [0.2, 0.25) is 0 Å². The molecule has 0 saturated carbocycles. The second kappa shape index (κ2) is 4.45. The zero-order chi connectivity index (χ0) is 11.5. The van der Waals surface area contributed by atoms with E-state index in [4.69, 9.17) is 5.73 Å². The largest absolute Gasteiger partial charge is 0.326 e. The van der Waals surface area contributed by atoms with Crippen LogP contribution in [0.3, 0.4) is 0 Å². The van der Waals surface area contributed by atoms with Gasteiger partial charge in [-0.2, -0.15) is 0 Å². The first-order valence-corrected chi connectivity index (χ1v) is 5.26. The van der Waals surface area contributed by atoms with Gasteiger partial charge in [0.05, 0.1) is 0 Å². The number of hydrogen-bond acceptors (Lipinski definition) is 1. The number of nitrogens with two attached hydrogens (primary N) is 1. The monoisotopic (exact) mass is 215 g/mol. The Balaban J connectivity index is 2.45. The average Bonchev–Trinajstić information content (AvgIpc) is 2.29. The molecule has 2 heteroatoms. The molecule has 0 radical (unpaired) electrons. The molecule has 2 rings (SSSR count). The van der Waals surface area contributed by atoms with Crippen LogP contribution >= 0.6 is 0 Å². The summed E-state index contributed by atoms with van der Waals surface area (Å²) in [6, 6.07) is 13.2. The van der Waals surface area contributed by atoms with Gasteiger partial charge in [0.15, 0.2) is 0 Å². The van der Waals surface area contributed by atoms with Crippen molar-refractivity contribution in [1.82, 2.24) is 0 Å². The molecular weight excluding hydrogens is 201 g/mol. The van der Waals surface area contributed by atoms with E-state index in [2.05, 4.69) is 0 Å². The third-order valence-electron chi connectivity index (χ3n) is 2.62. The quantitative estimate of drug-likeness (QED) is 0.817. The molecular formula is C14H14FN. The Kier molecular flexibility index (Phi) is 3.02. The Bertz CT molecular complexity index is 506. The summed E-state index contributed by atoms with van der Waals surface area (Å²) in [4.78, 5) is 0. The van der Waals surface area contributed by atoms with Crippen molar-refractivity contribution >= 4 is 0 Å². The lowest BCUT2D eigenvalue weighted by Gasteiger charge is -2.05. The van der Waals surface area contributed by atoms with Crippen LogP contribution in [-0.2, 0) is 6.54 Å². The molecule has 0 aliphatic carbocycles. The fraction of sp³-hybridized carbons (Fsp3) is 0.143. The second-order valence-electron chi connectivity index (χ2n) is 3.88. The minimum Gasteiger partial charge on any atom is -0.326 e. The predicted octanol–water partition coefficient (Wildman–Crippen LogP) is 3.26. The van der Waals surface area contributed by atoms with E-state index in [1.165, 1.54) is 11.6 Å². The second-order valence-corrected chi connectivity index (χ2v) is 3.88. The molecule has 2 N–H and O–H groups in total. The van der Waals surface area contributed by atoms with Gasteiger partial charge in [-0.1, -0.05) is 42.0 Å². The Hall–Kier alpha value is -1.67. The topological polar surface area (TPSA) is 26.0 Å². The van der Waals surface area contributed by atoms with Crippen molar-refractivity contribution in [1.29, 1.82) is 0 Å². The van der Waals surface area contributed by atoms with Crippen LogP contribution in [0.25, 0.3) is 11.1 Å². The van der Waals surface area contributed by atoms with E-state index >= 15 is 0 Å². The van der Waals surface area contributed by atoms with Crippen LogP contribution in [0.1, 0.15) is 11.1 Å². The van der Waals surface area contributed by atoms with Gasteiger partial charge in [0, 0.05) is 12.1 Å². The highest BCUT2D eigenvalue weighted by Gasteiger charge is 2.03. The summed E-state index contributed by atoms with van der Waals surface area (Å²) < 4.78 is 13.6. The van der Waals surface area contributed by atoms with Crippen LogP contribution in [0.15, 0.2) is 42.5 Å². The minimum atomic E-state index is -0.235. The van der Waals surface area contributed by atoms with Crippen molar-refractivity contribution in [2.24, 2.45) is 5.73 Å². The van der Waals surface area contributed by atoms with Crippen molar-refractivity contribution in [3.63, 3.8) is 0 Å². The van der Waals surface area contributed by atoms with Gasteiger partial charge in [-0.3, -0.25) is 0 Å². The lowest BCUT2D eigenvalue weighted by Crippen LogP contribution is -1.99. The molecule has 0 unspecified atom stereocenters. The first-order chi connectivity index (χ1) is 7.70. The van der Waals surface area contributed by atoms with Crippen molar-refractivity contribution < 1.29 is 4.39 Å². The van der Waals surface area contributed by atoms with Gasteiger partial charge >= 0.3 is 0 Å². The molecule has 2 aromatic carbocycles. The maximum absolute atomic E-state index is 13.6. The maximum atomic E-state index is 13.6. The summed E-state index contributed by atoms with van der Waals surface area (Å²) in [6.07, 6.45) is 0. The number of halogens is 1. The standard InChI is InChI=1S/C14H14FN/c1-10-3-2-4-11(7-10)12-5-6-13(9-16)14(15)8-12/h2-8H,9,16H2,1H3. The van der Waals surface area contributed by atoms with E-state index < -0.39 is 0 Å². The minimum absolute atomic E-state index is 0.235. The highest BCUT2D eigenvalue weighted by Crippen LogP contribution is 2.22. The lowest BCUT2D eigenvalue weighted by atomic mass is 10.0. The van der Waals surface area contributed by atoms with Crippen LogP contribution in [0.5, 0.6) is 0 Å². The van der Waals surface area contributed by atoms with E-state index in [0.29, 0.717) is 5.56 Å². The molecule has 0 aliphatic heterocycles. The molecule has 0 saturated heterocycles. The van der Waals surface area contributed by atoms with Crippen molar-refractivity contribution in [3.05, 3.63) is 59.4 Å². The first-order valence-electron chi connectivity index (χ1n) is 5.26. The molecule has 1 nitrogen and oxygen atoms in total. The van der Waals surface area contributed by atoms with Gasteiger partial charge in [0.25, 0.3) is 0 Å². The summed E-state index contributed by atoms with van der Waals surface area (Å²) in [5.74, 6) is -0.235. The Morgan fingerprint density at radius 3 is 2.44 bits per heavy atom. The number of aryl methyl sites for hydroxylation is 1. The summed E-state index contributed by atoms with van der Waals surface area (Å²) in [6.45, 7) is 2.26. The van der Waals surface area contributed by atoms with Crippen molar-refractivity contribution in [2.45, 2.75) is 13.5 Å². The number of benzene rings is 2. The molecule has 0 spiro atoms. The first kappa shape index (κ1) is 10.8. The van der Waals surface area contributed by atoms with Crippen LogP contribution < -0.4 is 5.73 Å². The van der Waals surface area contributed by atoms with E-state index in [0.717, 1.165) is 11.1 Å². The highest BCUT2D eigenvalue weighted by molar-refractivity contribution is 5.64. The van der Waals surface area contributed by atoms with Crippen molar-refractivity contribution in [2.75, 3.05) is 0 Å². The molecule has 2 aromatic rings.